The second-order valence-corrected chi connectivity index (χ2v) is 2.79. The Balaban J connectivity index is 2.16. The van der Waals surface area contributed by atoms with Gasteiger partial charge in [0.05, 0.1) is 6.26 Å². The van der Waals surface area contributed by atoms with Crippen LogP contribution in [-0.2, 0) is 4.74 Å². The summed E-state index contributed by atoms with van der Waals surface area (Å²) in [7, 11) is 0. The maximum atomic E-state index is 8.54. The Hall–Kier alpha value is -0.500. The lowest BCUT2D eigenvalue weighted by Gasteiger charge is -2.12. The summed E-state index contributed by atoms with van der Waals surface area (Å²) >= 11 is 0. The van der Waals surface area contributed by atoms with Crippen LogP contribution in [0.1, 0.15) is 25.7 Å². The molecular formula is C8H14O2. The summed E-state index contributed by atoms with van der Waals surface area (Å²) in [5.74, 6) is 0. The Kier molecular flexibility index (Phi) is 2.33. The van der Waals surface area contributed by atoms with Crippen molar-refractivity contribution in [3.63, 3.8) is 0 Å². The van der Waals surface area contributed by atoms with Gasteiger partial charge in [0, 0.05) is 6.61 Å². The van der Waals surface area contributed by atoms with Crippen LogP contribution in [0.2, 0.25) is 0 Å². The van der Waals surface area contributed by atoms with Crippen LogP contribution >= 0.6 is 0 Å². The fourth-order valence-electron chi connectivity index (χ4n) is 1.14. The smallest absolute Gasteiger partial charge is 0.108 e. The summed E-state index contributed by atoms with van der Waals surface area (Å²) < 4.78 is 5.30. The predicted molar refractivity (Wildman–Crippen MR) is 39.6 cm³/mol. The zero-order valence-electron chi connectivity index (χ0n) is 6.18. The molecule has 0 atom stereocenters. The van der Waals surface area contributed by atoms with Gasteiger partial charge in [0.25, 0.3) is 0 Å². The van der Waals surface area contributed by atoms with Crippen LogP contribution in [0.25, 0.3) is 0 Å². The summed E-state index contributed by atoms with van der Waals surface area (Å²) in [6.45, 7) is 3.78. The largest absolute Gasteiger partial charge is 0.496 e. The molecule has 1 fully saturated rings. The third-order valence-electron chi connectivity index (χ3n) is 1.93. The van der Waals surface area contributed by atoms with E-state index in [-0.39, 0.29) is 12.2 Å². The second-order valence-electron chi connectivity index (χ2n) is 2.79. The molecule has 58 valence electrons. The van der Waals surface area contributed by atoms with E-state index in [9.17, 15) is 0 Å². The molecule has 10 heavy (non-hydrogen) atoms. The quantitative estimate of drug-likeness (QED) is 0.589. The molecule has 0 aliphatic heterocycles. The maximum Gasteiger partial charge on any atom is 0.108 e. The Bertz CT molecular complexity index is 116. The van der Waals surface area contributed by atoms with Crippen LogP contribution in [0.4, 0.5) is 0 Å². The fourth-order valence-corrected chi connectivity index (χ4v) is 1.14. The highest BCUT2D eigenvalue weighted by molar-refractivity contribution is 4.96. The van der Waals surface area contributed by atoms with Crippen LogP contribution in [0.5, 0.6) is 0 Å². The van der Waals surface area contributed by atoms with Crippen molar-refractivity contribution in [3.05, 3.63) is 12.8 Å². The summed E-state index contributed by atoms with van der Waals surface area (Å²) in [6, 6.07) is 0. The summed E-state index contributed by atoms with van der Waals surface area (Å²) in [4.78, 5) is 0. The Labute approximate surface area is 61.5 Å². The van der Waals surface area contributed by atoms with E-state index in [4.69, 9.17) is 9.84 Å². The van der Waals surface area contributed by atoms with E-state index < -0.39 is 0 Å². The van der Waals surface area contributed by atoms with Crippen molar-refractivity contribution in [2.75, 3.05) is 6.61 Å². The molecule has 0 aromatic rings. The molecule has 0 amide bonds. The maximum absolute atomic E-state index is 8.54. The van der Waals surface area contributed by atoms with Gasteiger partial charge >= 0.3 is 0 Å². The number of aliphatic hydroxyl groups is 1. The first kappa shape index (κ1) is 7.61. The molecule has 0 aromatic heterocycles. The molecule has 0 spiro atoms. The molecule has 0 radical (unpaired) electrons. The van der Waals surface area contributed by atoms with Gasteiger partial charge in [-0.15, -0.1) is 0 Å². The number of rotatable bonds is 5. The van der Waals surface area contributed by atoms with Crippen LogP contribution in [0.3, 0.4) is 0 Å². The molecule has 0 aromatic carbocycles. The zero-order chi connectivity index (χ0) is 7.45. The van der Waals surface area contributed by atoms with Crippen molar-refractivity contribution in [1.82, 2.24) is 0 Å². The van der Waals surface area contributed by atoms with E-state index >= 15 is 0 Å². The molecule has 1 N–H and O–H groups in total. The van der Waals surface area contributed by atoms with E-state index in [1.807, 2.05) is 0 Å². The van der Waals surface area contributed by atoms with Gasteiger partial charge in [-0.25, -0.2) is 0 Å². The first-order valence-electron chi connectivity index (χ1n) is 3.72. The Morgan fingerprint density at radius 1 is 1.60 bits per heavy atom. The topological polar surface area (TPSA) is 29.5 Å². The van der Waals surface area contributed by atoms with Gasteiger partial charge in [0.1, 0.15) is 5.60 Å². The van der Waals surface area contributed by atoms with E-state index in [0.717, 1.165) is 25.7 Å². The lowest BCUT2D eigenvalue weighted by Crippen LogP contribution is -2.10. The standard InChI is InChI=1S/C8H14O2/c1-2-10-8(5-6-8)4-3-7-9/h2,9H,1,3-7H2. The van der Waals surface area contributed by atoms with Gasteiger partial charge in [-0.05, 0) is 25.7 Å². The monoisotopic (exact) mass is 142 g/mol. The Morgan fingerprint density at radius 2 is 2.30 bits per heavy atom. The molecule has 2 heteroatoms. The molecule has 2 nitrogen and oxygen atoms in total. The van der Waals surface area contributed by atoms with Crippen LogP contribution < -0.4 is 0 Å². The molecule has 0 heterocycles. The first-order chi connectivity index (χ1) is 4.83. The first-order valence-corrected chi connectivity index (χ1v) is 3.72. The third-order valence-corrected chi connectivity index (χ3v) is 1.93. The molecule has 1 aliphatic rings. The van der Waals surface area contributed by atoms with Crippen molar-refractivity contribution in [1.29, 1.82) is 0 Å². The van der Waals surface area contributed by atoms with Crippen molar-refractivity contribution in [3.8, 4) is 0 Å². The number of hydrogen-bond acceptors (Lipinski definition) is 2. The van der Waals surface area contributed by atoms with Gasteiger partial charge in [0.15, 0.2) is 0 Å². The third kappa shape index (κ3) is 1.74. The van der Waals surface area contributed by atoms with Gasteiger partial charge in [-0.1, -0.05) is 6.58 Å². The summed E-state index contributed by atoms with van der Waals surface area (Å²) in [5.41, 5.74) is 0.0739. The van der Waals surface area contributed by atoms with E-state index in [1.54, 1.807) is 0 Å². The van der Waals surface area contributed by atoms with Crippen molar-refractivity contribution in [2.45, 2.75) is 31.3 Å². The molecular weight excluding hydrogens is 128 g/mol. The van der Waals surface area contributed by atoms with E-state index in [1.165, 1.54) is 6.26 Å². The average Bonchev–Trinajstić information content (AvgIpc) is 2.67. The highest BCUT2D eigenvalue weighted by Crippen LogP contribution is 2.43. The van der Waals surface area contributed by atoms with Crippen molar-refractivity contribution in [2.24, 2.45) is 0 Å². The van der Waals surface area contributed by atoms with Crippen LogP contribution in [-0.4, -0.2) is 17.3 Å². The van der Waals surface area contributed by atoms with E-state index in [2.05, 4.69) is 6.58 Å². The number of ether oxygens (including phenoxy) is 1. The second kappa shape index (κ2) is 3.06. The highest BCUT2D eigenvalue weighted by atomic mass is 16.5. The Morgan fingerprint density at radius 3 is 2.70 bits per heavy atom. The highest BCUT2D eigenvalue weighted by Gasteiger charge is 2.43. The SMILES string of the molecule is C=COC1(CCCO)CC1. The van der Waals surface area contributed by atoms with Gasteiger partial charge < -0.3 is 9.84 Å². The fraction of sp³-hybridized carbons (Fsp3) is 0.750. The number of aliphatic hydroxyl groups excluding tert-OH is 1. The van der Waals surface area contributed by atoms with Crippen LogP contribution in [0, 0.1) is 0 Å². The minimum Gasteiger partial charge on any atom is -0.496 e. The van der Waals surface area contributed by atoms with Crippen molar-refractivity contribution >= 4 is 0 Å². The lowest BCUT2D eigenvalue weighted by atomic mass is 10.2. The van der Waals surface area contributed by atoms with Gasteiger partial charge in [0.2, 0.25) is 0 Å². The molecule has 0 unspecified atom stereocenters. The molecule has 1 rings (SSSR count). The molecule has 1 aliphatic carbocycles. The minimum atomic E-state index is 0.0739. The van der Waals surface area contributed by atoms with Gasteiger partial charge in [-0.2, -0.15) is 0 Å². The van der Waals surface area contributed by atoms with Crippen LogP contribution in [0.15, 0.2) is 12.8 Å². The normalized spacial score (nSPS) is 20.1. The van der Waals surface area contributed by atoms with E-state index in [0.29, 0.717) is 0 Å². The van der Waals surface area contributed by atoms with Gasteiger partial charge in [-0.3, -0.25) is 0 Å². The molecule has 0 saturated heterocycles. The minimum absolute atomic E-state index is 0.0739. The summed E-state index contributed by atoms with van der Waals surface area (Å²) in [5, 5.41) is 8.54. The predicted octanol–water partition coefficient (Wildman–Crippen LogP) is 1.45. The zero-order valence-corrected chi connectivity index (χ0v) is 6.18. The average molecular weight is 142 g/mol. The number of hydrogen-bond donors (Lipinski definition) is 1. The lowest BCUT2D eigenvalue weighted by molar-refractivity contribution is 0.103. The molecule has 0 bridgehead atoms. The van der Waals surface area contributed by atoms with Crippen molar-refractivity contribution < 1.29 is 9.84 Å². The summed E-state index contributed by atoms with van der Waals surface area (Å²) in [6.07, 6.45) is 5.56. The molecule has 1 saturated carbocycles.